The van der Waals surface area contributed by atoms with E-state index in [9.17, 15) is 0 Å². The summed E-state index contributed by atoms with van der Waals surface area (Å²) in [4.78, 5) is 2.52. The quantitative estimate of drug-likeness (QED) is 0.166. The van der Waals surface area contributed by atoms with Crippen molar-refractivity contribution in [2.24, 2.45) is 0 Å². The smallest absolute Gasteiger partial charge is 0.135 e. The van der Waals surface area contributed by atoms with Crippen molar-refractivity contribution >= 4 is 92.3 Å². The topological polar surface area (TPSA) is 21.3 Å². The van der Waals surface area contributed by atoms with Gasteiger partial charge >= 0.3 is 0 Å². The number of thiophene rings is 1. The highest BCUT2D eigenvalue weighted by atomic mass is 32.1. The van der Waals surface area contributed by atoms with Gasteiger partial charge in [-0.2, -0.15) is 0 Å². The van der Waals surface area contributed by atoms with Gasteiger partial charge in [-0.15, -0.1) is 11.3 Å². The van der Waals surface area contributed by atoms with Crippen LogP contribution in [-0.4, -0.2) is 4.57 Å². The van der Waals surface area contributed by atoms with Gasteiger partial charge in [0, 0.05) is 59.6 Å². The molecule has 0 amide bonds. The first-order valence-electron chi connectivity index (χ1n) is 26.5. The molecule has 0 saturated carbocycles. The molecule has 0 bridgehead atoms. The Bertz CT molecular complexity index is 4890. The number of para-hydroxylation sites is 2. The fourth-order valence-electron chi connectivity index (χ4n) is 13.6. The summed E-state index contributed by atoms with van der Waals surface area (Å²) in [5.74, 6) is 0. The minimum absolute atomic E-state index is 0.482. The van der Waals surface area contributed by atoms with Crippen LogP contribution in [-0.2, 0) is 5.41 Å². The maximum Gasteiger partial charge on any atom is 0.135 e. The molecule has 0 saturated heterocycles. The van der Waals surface area contributed by atoms with E-state index >= 15 is 0 Å². The average Bonchev–Trinajstić information content (AvgIpc) is 4.41. The van der Waals surface area contributed by atoms with E-state index in [-0.39, 0.29) is 0 Å². The number of furan rings is 1. The minimum atomic E-state index is -0.482. The number of aromatic nitrogens is 1. The molecule has 358 valence electrons. The van der Waals surface area contributed by atoms with Crippen LogP contribution >= 0.6 is 11.3 Å². The molecule has 0 atom stereocenters. The summed E-state index contributed by atoms with van der Waals surface area (Å²) in [6.07, 6.45) is 0. The number of fused-ring (bicyclic) bond motifs is 20. The SMILES string of the molecule is c1ccc(-n2c3cc(N(c4ccc(-c5cccc(-c6ccc7oc8ccccc8c7c6)c5)cc4)c4cccc5c4-c4ccccc4C54c5ccccc5-c5ccccc54)ccc3c3ccc4c5ccccc5sc4c32)cc1. The summed E-state index contributed by atoms with van der Waals surface area (Å²) in [5.41, 5.74) is 23.2. The van der Waals surface area contributed by atoms with Crippen LogP contribution in [0, 0.1) is 0 Å². The van der Waals surface area contributed by atoms with E-state index in [1.54, 1.807) is 0 Å². The zero-order valence-corrected chi connectivity index (χ0v) is 42.4. The molecule has 15 aromatic rings. The van der Waals surface area contributed by atoms with Crippen molar-refractivity contribution in [3.05, 3.63) is 289 Å². The largest absolute Gasteiger partial charge is 0.456 e. The monoisotopic (exact) mass is 996 g/mol. The van der Waals surface area contributed by atoms with E-state index in [4.69, 9.17) is 4.42 Å². The van der Waals surface area contributed by atoms with Gasteiger partial charge in [-0.25, -0.2) is 0 Å². The lowest BCUT2D eigenvalue weighted by molar-refractivity contribution is 0.669. The highest BCUT2D eigenvalue weighted by Crippen LogP contribution is 2.65. The van der Waals surface area contributed by atoms with Crippen molar-refractivity contribution in [2.45, 2.75) is 5.41 Å². The van der Waals surface area contributed by atoms with Crippen LogP contribution in [0.25, 0.3) is 114 Å². The predicted molar refractivity (Wildman–Crippen MR) is 323 cm³/mol. The molecule has 77 heavy (non-hydrogen) atoms. The van der Waals surface area contributed by atoms with Crippen LogP contribution in [0.3, 0.4) is 0 Å². The lowest BCUT2D eigenvalue weighted by Gasteiger charge is -2.32. The van der Waals surface area contributed by atoms with Crippen molar-refractivity contribution in [3.8, 4) is 50.2 Å². The Labute approximate surface area is 448 Å². The normalized spacial score (nSPS) is 13.0. The molecule has 0 unspecified atom stereocenters. The van der Waals surface area contributed by atoms with Crippen LogP contribution in [0.4, 0.5) is 17.1 Å². The van der Waals surface area contributed by atoms with Crippen LogP contribution in [0.2, 0.25) is 0 Å². The highest BCUT2D eigenvalue weighted by molar-refractivity contribution is 7.26. The molecular formula is C73H44N2OS. The Morgan fingerprint density at radius 2 is 0.948 bits per heavy atom. The third-order valence-corrected chi connectivity index (χ3v) is 18.0. The van der Waals surface area contributed by atoms with Crippen molar-refractivity contribution < 1.29 is 4.42 Å². The van der Waals surface area contributed by atoms with Gasteiger partial charge in [0.2, 0.25) is 0 Å². The second-order valence-electron chi connectivity index (χ2n) is 20.7. The summed E-state index contributed by atoms with van der Waals surface area (Å²) in [6.45, 7) is 0. The van der Waals surface area contributed by atoms with E-state index in [0.29, 0.717) is 0 Å². The molecule has 0 N–H and O–H groups in total. The predicted octanol–water partition coefficient (Wildman–Crippen LogP) is 20.2. The summed E-state index contributed by atoms with van der Waals surface area (Å²) in [5, 5.41) is 7.33. The van der Waals surface area contributed by atoms with Gasteiger partial charge in [-0.3, -0.25) is 0 Å². The number of anilines is 3. The van der Waals surface area contributed by atoms with Crippen molar-refractivity contribution in [3.63, 3.8) is 0 Å². The van der Waals surface area contributed by atoms with E-state index in [1.165, 1.54) is 81.0 Å². The molecule has 3 nitrogen and oxygen atoms in total. The molecule has 2 aliphatic carbocycles. The molecule has 1 spiro atoms. The molecule has 0 aliphatic heterocycles. The number of nitrogens with zero attached hydrogens (tertiary/aromatic N) is 2. The third kappa shape index (κ3) is 5.96. The number of rotatable bonds is 6. The molecule has 3 heterocycles. The van der Waals surface area contributed by atoms with Crippen molar-refractivity contribution in [1.29, 1.82) is 0 Å². The van der Waals surface area contributed by atoms with Crippen LogP contribution in [0.15, 0.2) is 271 Å². The van der Waals surface area contributed by atoms with Gasteiger partial charge in [-0.1, -0.05) is 194 Å². The van der Waals surface area contributed by atoms with E-state index in [2.05, 4.69) is 264 Å². The van der Waals surface area contributed by atoms with Gasteiger partial charge in [0.05, 0.1) is 26.8 Å². The molecule has 12 aromatic carbocycles. The Hall–Kier alpha value is -9.74. The number of hydrogen-bond acceptors (Lipinski definition) is 3. The highest BCUT2D eigenvalue weighted by Gasteiger charge is 2.52. The Morgan fingerprint density at radius 1 is 0.364 bits per heavy atom. The van der Waals surface area contributed by atoms with Crippen molar-refractivity contribution in [2.75, 3.05) is 4.90 Å². The number of hydrogen-bond donors (Lipinski definition) is 0. The van der Waals surface area contributed by atoms with Gasteiger partial charge in [-0.05, 0) is 134 Å². The third-order valence-electron chi connectivity index (χ3n) is 16.8. The van der Waals surface area contributed by atoms with Crippen LogP contribution in [0.5, 0.6) is 0 Å². The first-order chi connectivity index (χ1) is 38.2. The van der Waals surface area contributed by atoms with Crippen LogP contribution in [0.1, 0.15) is 22.3 Å². The zero-order valence-electron chi connectivity index (χ0n) is 41.6. The molecule has 0 fully saturated rings. The lowest BCUT2D eigenvalue weighted by Crippen LogP contribution is -2.26. The van der Waals surface area contributed by atoms with Crippen LogP contribution < -0.4 is 4.90 Å². The maximum absolute atomic E-state index is 6.21. The molecule has 2 aliphatic rings. The van der Waals surface area contributed by atoms with Crippen molar-refractivity contribution in [1.82, 2.24) is 4.57 Å². The summed E-state index contributed by atoms with van der Waals surface area (Å²) >= 11 is 1.89. The summed E-state index contributed by atoms with van der Waals surface area (Å²) in [6, 6.07) is 98.9. The Kier molecular flexibility index (Phi) is 8.92. The van der Waals surface area contributed by atoms with E-state index < -0.39 is 5.41 Å². The lowest BCUT2D eigenvalue weighted by atomic mass is 9.70. The summed E-state index contributed by atoms with van der Waals surface area (Å²) < 4.78 is 11.3. The Balaban J connectivity index is 0.889. The van der Waals surface area contributed by atoms with Gasteiger partial charge in [0.25, 0.3) is 0 Å². The molecule has 3 aromatic heterocycles. The fourth-order valence-corrected chi connectivity index (χ4v) is 14.8. The molecule has 4 heteroatoms. The van der Waals surface area contributed by atoms with E-state index in [1.807, 2.05) is 23.5 Å². The first-order valence-corrected chi connectivity index (χ1v) is 27.3. The average molecular weight is 997 g/mol. The van der Waals surface area contributed by atoms with E-state index in [0.717, 1.165) is 72.5 Å². The maximum atomic E-state index is 6.21. The Morgan fingerprint density at radius 3 is 1.75 bits per heavy atom. The number of benzene rings is 12. The summed E-state index contributed by atoms with van der Waals surface area (Å²) in [7, 11) is 0. The first kappa shape index (κ1) is 42.6. The molecule has 0 radical (unpaired) electrons. The van der Waals surface area contributed by atoms with Gasteiger partial charge < -0.3 is 13.9 Å². The molecular weight excluding hydrogens is 953 g/mol. The fraction of sp³-hybridized carbons (Fsp3) is 0.0137. The molecule has 17 rings (SSSR count). The van der Waals surface area contributed by atoms with Gasteiger partial charge in [0.1, 0.15) is 11.2 Å². The second kappa shape index (κ2) is 16.1. The zero-order chi connectivity index (χ0) is 50.3. The van der Waals surface area contributed by atoms with Gasteiger partial charge in [0.15, 0.2) is 0 Å². The standard InChI is InChI=1S/C73H44N2OS/c1-2-18-49(19-3-1)75-66-44-51(37-38-54(66)57-39-40-58-56-23-8-13-31-69(56)77-72(58)71(57)75)74(50-35-32-45(33-36-50)46-16-14-17-47(42-46)48-34-41-68-60(43-48)55-22-7-12-30-67(55)76-68)65-29-15-28-64-70(65)59-24-6-11-27-63(59)73(64)61-25-9-4-20-52(61)53-21-5-10-26-62(53)73/h1-44H. The minimum Gasteiger partial charge on any atom is -0.456 e. The second-order valence-corrected chi connectivity index (χ2v) is 21.7.